The highest BCUT2D eigenvalue weighted by molar-refractivity contribution is 14.1. The first kappa shape index (κ1) is 17.4. The molecule has 1 N–H and O–H groups in total. The molecule has 7 heteroatoms. The summed E-state index contributed by atoms with van der Waals surface area (Å²) in [6.07, 6.45) is 0. The van der Waals surface area contributed by atoms with Gasteiger partial charge in [-0.15, -0.1) is 0 Å². The van der Waals surface area contributed by atoms with Gasteiger partial charge in [-0.2, -0.15) is 5.10 Å². The number of hydrogen-bond acceptors (Lipinski definition) is 4. The number of carbonyl (C=O) groups is 1. The van der Waals surface area contributed by atoms with E-state index in [0.29, 0.717) is 23.1 Å². The van der Waals surface area contributed by atoms with Gasteiger partial charge in [0.1, 0.15) is 18.1 Å². The van der Waals surface area contributed by atoms with Crippen LogP contribution in [-0.4, -0.2) is 27.8 Å². The van der Waals surface area contributed by atoms with Gasteiger partial charge in [0.2, 0.25) is 5.91 Å². The molecule has 1 heterocycles. The second-order valence-corrected chi connectivity index (χ2v) is 6.67. The van der Waals surface area contributed by atoms with Gasteiger partial charge in [0.25, 0.3) is 0 Å². The van der Waals surface area contributed by atoms with Gasteiger partial charge in [-0.25, -0.2) is 9.67 Å². The van der Waals surface area contributed by atoms with Crippen molar-refractivity contribution >= 4 is 34.2 Å². The minimum atomic E-state index is -0.171. The largest absolute Gasteiger partial charge is 0.497 e. The first-order chi connectivity index (χ1) is 12.0. The summed E-state index contributed by atoms with van der Waals surface area (Å²) in [4.78, 5) is 16.7. The first-order valence-corrected chi connectivity index (χ1v) is 8.74. The summed E-state index contributed by atoms with van der Waals surface area (Å²) in [6.45, 7) is 1.93. The van der Waals surface area contributed by atoms with Gasteiger partial charge in [-0.3, -0.25) is 4.79 Å². The van der Waals surface area contributed by atoms with Crippen LogP contribution < -0.4 is 10.1 Å². The Morgan fingerprint density at radius 3 is 2.72 bits per heavy atom. The van der Waals surface area contributed by atoms with Crippen LogP contribution in [0.25, 0.3) is 11.4 Å². The van der Waals surface area contributed by atoms with E-state index in [4.69, 9.17) is 4.74 Å². The number of ether oxygens (including phenoxy) is 1. The SMILES string of the molecule is COc1cccc(NC(=O)Cn2nc(-c3ccc(I)cc3)nc2C)c1. The Bertz CT molecular complexity index is 890. The molecule has 1 amide bonds. The molecule has 0 unspecified atom stereocenters. The highest BCUT2D eigenvalue weighted by Crippen LogP contribution is 2.18. The number of nitrogens with zero attached hydrogens (tertiary/aromatic N) is 3. The number of hydrogen-bond donors (Lipinski definition) is 1. The van der Waals surface area contributed by atoms with Gasteiger partial charge in [-0.05, 0) is 53.8 Å². The molecule has 0 aliphatic heterocycles. The average molecular weight is 448 g/mol. The zero-order valence-corrected chi connectivity index (χ0v) is 16.0. The van der Waals surface area contributed by atoms with Crippen LogP contribution in [0.5, 0.6) is 5.75 Å². The number of methoxy groups -OCH3 is 1. The Kier molecular flexibility index (Phi) is 5.32. The lowest BCUT2D eigenvalue weighted by Crippen LogP contribution is -2.20. The molecule has 0 aliphatic rings. The van der Waals surface area contributed by atoms with E-state index in [9.17, 15) is 4.79 Å². The molecule has 0 fully saturated rings. The van der Waals surface area contributed by atoms with Crippen molar-refractivity contribution in [1.82, 2.24) is 14.8 Å². The molecule has 0 spiro atoms. The van der Waals surface area contributed by atoms with Crippen molar-refractivity contribution in [2.75, 3.05) is 12.4 Å². The Labute approximate surface area is 159 Å². The highest BCUT2D eigenvalue weighted by Gasteiger charge is 2.12. The number of benzene rings is 2. The zero-order valence-electron chi connectivity index (χ0n) is 13.9. The molecular weight excluding hydrogens is 431 g/mol. The third-order valence-corrected chi connectivity index (χ3v) is 4.33. The molecule has 0 saturated carbocycles. The molecule has 6 nitrogen and oxygen atoms in total. The Hall–Kier alpha value is -2.42. The normalized spacial score (nSPS) is 10.5. The lowest BCUT2D eigenvalue weighted by atomic mass is 10.2. The first-order valence-electron chi connectivity index (χ1n) is 7.66. The number of amides is 1. The van der Waals surface area contributed by atoms with Crippen molar-refractivity contribution in [2.24, 2.45) is 0 Å². The number of aromatic nitrogens is 3. The number of aryl methyl sites for hydroxylation is 1. The molecule has 2 aromatic carbocycles. The standard InChI is InChI=1S/C18H17IN4O2/c1-12-20-18(13-6-8-14(19)9-7-13)22-23(12)11-17(24)21-15-4-3-5-16(10-15)25-2/h3-10H,11H2,1-2H3,(H,21,24). The van der Waals surface area contributed by atoms with E-state index in [1.807, 2.05) is 49.4 Å². The molecule has 3 aromatic rings. The summed E-state index contributed by atoms with van der Waals surface area (Å²) in [6, 6.07) is 15.2. The van der Waals surface area contributed by atoms with Crippen LogP contribution in [0.1, 0.15) is 5.82 Å². The van der Waals surface area contributed by atoms with Crippen molar-refractivity contribution in [1.29, 1.82) is 0 Å². The van der Waals surface area contributed by atoms with Crippen LogP contribution in [0.15, 0.2) is 48.5 Å². The second kappa shape index (κ2) is 7.64. The van der Waals surface area contributed by atoms with Crippen LogP contribution in [0.3, 0.4) is 0 Å². The van der Waals surface area contributed by atoms with E-state index in [-0.39, 0.29) is 12.5 Å². The van der Waals surface area contributed by atoms with E-state index in [0.717, 1.165) is 9.13 Å². The van der Waals surface area contributed by atoms with E-state index in [1.54, 1.807) is 17.9 Å². The minimum Gasteiger partial charge on any atom is -0.497 e. The smallest absolute Gasteiger partial charge is 0.246 e. The van der Waals surface area contributed by atoms with Crippen LogP contribution >= 0.6 is 22.6 Å². The Morgan fingerprint density at radius 1 is 1.24 bits per heavy atom. The predicted molar refractivity (Wildman–Crippen MR) is 105 cm³/mol. The average Bonchev–Trinajstić information content (AvgIpc) is 2.96. The fraction of sp³-hybridized carbons (Fsp3) is 0.167. The Balaban J connectivity index is 1.72. The number of rotatable bonds is 5. The topological polar surface area (TPSA) is 69.0 Å². The summed E-state index contributed by atoms with van der Waals surface area (Å²) in [7, 11) is 1.59. The van der Waals surface area contributed by atoms with E-state index in [2.05, 4.69) is 38.0 Å². The molecule has 1 aromatic heterocycles. The quantitative estimate of drug-likeness (QED) is 0.607. The van der Waals surface area contributed by atoms with Crippen LogP contribution in [0.2, 0.25) is 0 Å². The second-order valence-electron chi connectivity index (χ2n) is 5.43. The van der Waals surface area contributed by atoms with Gasteiger partial charge in [0.05, 0.1) is 7.11 Å². The fourth-order valence-corrected chi connectivity index (χ4v) is 2.69. The van der Waals surface area contributed by atoms with Crippen molar-refractivity contribution < 1.29 is 9.53 Å². The maximum absolute atomic E-state index is 12.3. The van der Waals surface area contributed by atoms with Gasteiger partial charge in [0, 0.05) is 20.9 Å². The summed E-state index contributed by atoms with van der Waals surface area (Å²) >= 11 is 2.25. The predicted octanol–water partition coefficient (Wildman–Crippen LogP) is 3.51. The fourth-order valence-electron chi connectivity index (χ4n) is 2.33. The zero-order chi connectivity index (χ0) is 17.8. The lowest BCUT2D eigenvalue weighted by molar-refractivity contribution is -0.116. The monoisotopic (exact) mass is 448 g/mol. The molecule has 25 heavy (non-hydrogen) atoms. The summed E-state index contributed by atoms with van der Waals surface area (Å²) < 4.78 is 7.90. The van der Waals surface area contributed by atoms with Gasteiger partial charge >= 0.3 is 0 Å². The van der Waals surface area contributed by atoms with Crippen LogP contribution in [0.4, 0.5) is 5.69 Å². The number of halogens is 1. The molecule has 0 bridgehead atoms. The molecule has 128 valence electrons. The summed E-state index contributed by atoms with van der Waals surface area (Å²) in [5, 5.41) is 7.28. The van der Waals surface area contributed by atoms with E-state index < -0.39 is 0 Å². The molecule has 0 aliphatic carbocycles. The summed E-state index contributed by atoms with van der Waals surface area (Å²) in [5.74, 6) is 1.82. The molecule has 0 radical (unpaired) electrons. The van der Waals surface area contributed by atoms with Crippen LogP contribution in [0, 0.1) is 10.5 Å². The van der Waals surface area contributed by atoms with Gasteiger partial charge < -0.3 is 10.1 Å². The van der Waals surface area contributed by atoms with Gasteiger partial charge in [0.15, 0.2) is 5.82 Å². The third kappa shape index (κ3) is 4.36. The van der Waals surface area contributed by atoms with Crippen molar-refractivity contribution in [3.8, 4) is 17.1 Å². The minimum absolute atomic E-state index is 0.0976. The Morgan fingerprint density at radius 2 is 2.00 bits per heavy atom. The molecule has 0 atom stereocenters. The van der Waals surface area contributed by atoms with E-state index >= 15 is 0 Å². The third-order valence-electron chi connectivity index (χ3n) is 3.61. The maximum Gasteiger partial charge on any atom is 0.246 e. The molecule has 0 saturated heterocycles. The van der Waals surface area contributed by atoms with Gasteiger partial charge in [-0.1, -0.05) is 18.2 Å². The maximum atomic E-state index is 12.3. The van der Waals surface area contributed by atoms with Crippen LogP contribution in [-0.2, 0) is 11.3 Å². The lowest BCUT2D eigenvalue weighted by Gasteiger charge is -2.07. The van der Waals surface area contributed by atoms with Crippen molar-refractivity contribution in [2.45, 2.75) is 13.5 Å². The number of anilines is 1. The number of carbonyl (C=O) groups excluding carboxylic acids is 1. The van der Waals surface area contributed by atoms with Crippen molar-refractivity contribution in [3.05, 3.63) is 57.9 Å². The highest BCUT2D eigenvalue weighted by atomic mass is 127. The van der Waals surface area contributed by atoms with Crippen molar-refractivity contribution in [3.63, 3.8) is 0 Å². The summed E-state index contributed by atoms with van der Waals surface area (Å²) in [5.41, 5.74) is 1.61. The van der Waals surface area contributed by atoms with E-state index in [1.165, 1.54) is 0 Å². The number of nitrogens with one attached hydrogen (secondary N) is 1. The molecular formula is C18H17IN4O2. The molecule has 3 rings (SSSR count).